The fraction of sp³-hybridized carbons (Fsp3) is 0.500. The number of ether oxygens (including phenoxy) is 1. The van der Waals surface area contributed by atoms with Crippen molar-refractivity contribution in [1.29, 1.82) is 0 Å². The van der Waals surface area contributed by atoms with Crippen LogP contribution in [0.1, 0.15) is 49.7 Å². The third kappa shape index (κ3) is 5.76. The fourth-order valence-electron chi connectivity index (χ4n) is 5.27. The van der Waals surface area contributed by atoms with Gasteiger partial charge in [-0.3, -0.25) is 4.79 Å². The largest absolute Gasteiger partial charge is 0.491 e. The first kappa shape index (κ1) is 24.8. The summed E-state index contributed by atoms with van der Waals surface area (Å²) in [5.74, 6) is 1.82. The number of fused-ring (bicyclic) bond motifs is 2. The zero-order valence-electron chi connectivity index (χ0n) is 20.9. The van der Waals surface area contributed by atoms with E-state index in [9.17, 15) is 9.59 Å². The summed E-state index contributed by atoms with van der Waals surface area (Å²) < 4.78 is 6.40. The van der Waals surface area contributed by atoms with Crippen LogP contribution in [0.15, 0.2) is 30.9 Å². The molecule has 0 aliphatic carbocycles. The second kappa shape index (κ2) is 11.4. The van der Waals surface area contributed by atoms with E-state index in [2.05, 4.69) is 36.2 Å². The number of H-pyrrole nitrogens is 1. The number of nitrogens with one attached hydrogen (secondary N) is 2. The Hall–Kier alpha value is -3.89. The second-order valence-corrected chi connectivity index (χ2v) is 9.60. The molecule has 2 amide bonds. The Morgan fingerprint density at radius 1 is 1.16 bits per heavy atom. The van der Waals surface area contributed by atoms with Gasteiger partial charge in [-0.15, -0.1) is 0 Å². The summed E-state index contributed by atoms with van der Waals surface area (Å²) in [6.07, 6.45) is 7.87. The Bertz CT molecular complexity index is 1250. The average Bonchev–Trinajstić information content (AvgIpc) is 3.58. The maximum atomic E-state index is 12.9. The third-order valence-electron chi connectivity index (χ3n) is 7.20. The molecule has 0 spiro atoms. The van der Waals surface area contributed by atoms with Crippen LogP contribution in [-0.2, 0) is 17.8 Å². The monoisotopic (exact) mass is 507 g/mol. The number of carboxylic acid groups (broad SMARTS) is 1. The molecule has 4 heterocycles. The molecule has 196 valence electrons. The molecule has 2 aliphatic heterocycles. The molecule has 1 aromatic carbocycles. The van der Waals surface area contributed by atoms with Gasteiger partial charge in [-0.05, 0) is 43.7 Å². The van der Waals surface area contributed by atoms with Gasteiger partial charge in [-0.25, -0.2) is 19.7 Å². The summed E-state index contributed by atoms with van der Waals surface area (Å²) in [5, 5.41) is 11.0. The first-order valence-corrected chi connectivity index (χ1v) is 13.0. The summed E-state index contributed by atoms with van der Waals surface area (Å²) in [6.45, 7) is 3.11. The highest BCUT2D eigenvalue weighted by Gasteiger charge is 2.29. The van der Waals surface area contributed by atoms with Gasteiger partial charge >= 0.3 is 6.09 Å². The van der Waals surface area contributed by atoms with E-state index in [1.54, 1.807) is 12.7 Å². The zero-order valence-corrected chi connectivity index (χ0v) is 20.9. The Balaban J connectivity index is 1.18. The van der Waals surface area contributed by atoms with Crippen LogP contribution in [0.3, 0.4) is 0 Å². The molecule has 0 saturated carbocycles. The number of unbranched alkanes of at least 4 members (excludes halogenated alkanes) is 2. The number of carbonyl (C=O) groups is 2. The van der Waals surface area contributed by atoms with Crippen molar-refractivity contribution < 1.29 is 19.4 Å². The fourth-order valence-corrected chi connectivity index (χ4v) is 5.27. The number of benzene rings is 1. The molecule has 0 unspecified atom stereocenters. The summed E-state index contributed by atoms with van der Waals surface area (Å²) in [5.41, 5.74) is 3.84. The molecule has 1 fully saturated rings. The molecule has 1 saturated heterocycles. The number of hydrogen-bond donors (Lipinski definition) is 3. The quantitative estimate of drug-likeness (QED) is 0.356. The summed E-state index contributed by atoms with van der Waals surface area (Å²) in [6, 6.07) is 6.33. The average molecular weight is 508 g/mol. The minimum atomic E-state index is -1.01. The standard InChI is InChI=1S/C26H33N7O4/c34-22(9-2-1-3-11-27-26(35)36)32-13-10-18-6-4-8-21(20(18)14-32)37-15-19-7-5-12-33(19)25-23-24(29-16-28-23)30-17-31-25/h4,6,8,16-17,19,27H,1-3,5,7,9-15H2,(H,35,36)(H,28,29,30,31)/t19-/m1/s1. The van der Waals surface area contributed by atoms with Crippen LogP contribution in [0.5, 0.6) is 5.75 Å². The Kier molecular flexibility index (Phi) is 7.67. The first-order chi connectivity index (χ1) is 18.1. The molecule has 1 atom stereocenters. The van der Waals surface area contributed by atoms with Crippen LogP contribution in [-0.4, -0.2) is 74.2 Å². The Morgan fingerprint density at radius 2 is 2.08 bits per heavy atom. The molecule has 5 rings (SSSR count). The normalized spacial score (nSPS) is 17.1. The number of hydrogen-bond acceptors (Lipinski definition) is 7. The van der Waals surface area contributed by atoms with Gasteiger partial charge in [-0.1, -0.05) is 18.6 Å². The molecule has 3 aromatic rings. The van der Waals surface area contributed by atoms with Gasteiger partial charge in [0.25, 0.3) is 0 Å². The van der Waals surface area contributed by atoms with Crippen molar-refractivity contribution in [2.45, 2.75) is 57.5 Å². The van der Waals surface area contributed by atoms with Crippen LogP contribution in [0, 0.1) is 0 Å². The highest BCUT2D eigenvalue weighted by atomic mass is 16.5. The van der Waals surface area contributed by atoms with Gasteiger partial charge in [0.1, 0.15) is 24.2 Å². The van der Waals surface area contributed by atoms with E-state index >= 15 is 0 Å². The maximum absolute atomic E-state index is 12.9. The number of aromatic nitrogens is 4. The number of nitrogens with zero attached hydrogens (tertiary/aromatic N) is 5. The first-order valence-electron chi connectivity index (χ1n) is 13.0. The van der Waals surface area contributed by atoms with Gasteiger partial charge in [0.05, 0.1) is 12.4 Å². The predicted octanol–water partition coefficient (Wildman–Crippen LogP) is 3.11. The highest BCUT2D eigenvalue weighted by Crippen LogP contribution is 2.31. The minimum absolute atomic E-state index is 0.139. The van der Waals surface area contributed by atoms with E-state index in [0.717, 1.165) is 73.4 Å². The van der Waals surface area contributed by atoms with E-state index in [0.29, 0.717) is 32.7 Å². The number of amides is 2. The molecule has 0 bridgehead atoms. The lowest BCUT2D eigenvalue weighted by Gasteiger charge is -2.31. The lowest BCUT2D eigenvalue weighted by Crippen LogP contribution is -2.37. The van der Waals surface area contributed by atoms with Gasteiger partial charge in [-0.2, -0.15) is 0 Å². The molecule has 37 heavy (non-hydrogen) atoms. The Labute approximate surface area is 215 Å². The van der Waals surface area contributed by atoms with E-state index in [-0.39, 0.29) is 11.9 Å². The van der Waals surface area contributed by atoms with Gasteiger partial charge in [0, 0.05) is 38.2 Å². The number of rotatable bonds is 10. The molecular formula is C26H33N7O4. The van der Waals surface area contributed by atoms with Crippen molar-refractivity contribution in [3.05, 3.63) is 42.0 Å². The van der Waals surface area contributed by atoms with E-state index < -0.39 is 6.09 Å². The van der Waals surface area contributed by atoms with Crippen molar-refractivity contribution in [1.82, 2.24) is 30.2 Å². The van der Waals surface area contributed by atoms with Crippen molar-refractivity contribution in [3.63, 3.8) is 0 Å². The van der Waals surface area contributed by atoms with Crippen molar-refractivity contribution >= 4 is 29.0 Å². The predicted molar refractivity (Wildman–Crippen MR) is 138 cm³/mol. The van der Waals surface area contributed by atoms with E-state index in [4.69, 9.17) is 9.84 Å². The highest BCUT2D eigenvalue weighted by molar-refractivity contribution is 5.83. The van der Waals surface area contributed by atoms with Crippen molar-refractivity contribution in [2.75, 3.05) is 31.1 Å². The van der Waals surface area contributed by atoms with Gasteiger partial charge < -0.3 is 29.9 Å². The van der Waals surface area contributed by atoms with Crippen LogP contribution >= 0.6 is 0 Å². The van der Waals surface area contributed by atoms with Crippen LogP contribution in [0.4, 0.5) is 10.6 Å². The molecular weight excluding hydrogens is 474 g/mol. The van der Waals surface area contributed by atoms with Crippen LogP contribution in [0.25, 0.3) is 11.2 Å². The number of imidazole rings is 1. The lowest BCUT2D eigenvalue weighted by molar-refractivity contribution is -0.132. The van der Waals surface area contributed by atoms with Gasteiger partial charge in [0.15, 0.2) is 11.5 Å². The smallest absolute Gasteiger partial charge is 0.404 e. The number of carbonyl (C=O) groups excluding carboxylic acids is 1. The summed E-state index contributed by atoms with van der Waals surface area (Å²) in [7, 11) is 0. The van der Waals surface area contributed by atoms with E-state index in [1.807, 2.05) is 17.0 Å². The molecule has 2 aromatic heterocycles. The maximum Gasteiger partial charge on any atom is 0.404 e. The van der Waals surface area contributed by atoms with Crippen LogP contribution < -0.4 is 15.0 Å². The molecule has 11 heteroatoms. The van der Waals surface area contributed by atoms with Crippen molar-refractivity contribution in [3.8, 4) is 5.75 Å². The zero-order chi connectivity index (χ0) is 25.6. The summed E-state index contributed by atoms with van der Waals surface area (Å²) in [4.78, 5) is 43.8. The van der Waals surface area contributed by atoms with Crippen molar-refractivity contribution in [2.24, 2.45) is 0 Å². The third-order valence-corrected chi connectivity index (χ3v) is 7.20. The number of aromatic amines is 1. The van der Waals surface area contributed by atoms with Gasteiger partial charge in [0.2, 0.25) is 5.91 Å². The second-order valence-electron chi connectivity index (χ2n) is 9.60. The molecule has 2 aliphatic rings. The SMILES string of the molecule is O=C(O)NCCCCCC(=O)N1CCc2cccc(OC[C@H]3CCCN3c3ncnc4[nH]cnc34)c2C1. The summed E-state index contributed by atoms with van der Waals surface area (Å²) >= 11 is 0. The molecule has 0 radical (unpaired) electrons. The van der Waals surface area contributed by atoms with E-state index in [1.165, 1.54) is 5.56 Å². The molecule has 11 nitrogen and oxygen atoms in total. The Morgan fingerprint density at radius 3 is 2.97 bits per heavy atom. The number of anilines is 1. The lowest BCUT2D eigenvalue weighted by atomic mass is 9.98. The molecule has 3 N–H and O–H groups in total. The van der Waals surface area contributed by atoms with Crippen LogP contribution in [0.2, 0.25) is 0 Å². The topological polar surface area (TPSA) is 137 Å². The minimum Gasteiger partial charge on any atom is -0.491 e.